The van der Waals surface area contributed by atoms with Gasteiger partial charge in [0.1, 0.15) is 0 Å². The lowest BCUT2D eigenvalue weighted by atomic mass is 10.1. The third-order valence-electron chi connectivity index (χ3n) is 3.65. The van der Waals surface area contributed by atoms with Gasteiger partial charge in [-0.2, -0.15) is 0 Å². The van der Waals surface area contributed by atoms with Gasteiger partial charge in [-0.15, -0.1) is 0 Å². The van der Waals surface area contributed by atoms with Gasteiger partial charge >= 0.3 is 5.97 Å². The molecule has 1 fully saturated rings. The molecule has 1 aromatic heterocycles. The van der Waals surface area contributed by atoms with E-state index in [2.05, 4.69) is 4.98 Å². The van der Waals surface area contributed by atoms with Gasteiger partial charge in [0.15, 0.2) is 0 Å². The van der Waals surface area contributed by atoms with Crippen molar-refractivity contribution < 1.29 is 19.4 Å². The van der Waals surface area contributed by atoms with Crippen molar-refractivity contribution in [3.05, 3.63) is 36.0 Å². The average Bonchev–Trinajstić information content (AvgIpc) is 2.94. The van der Waals surface area contributed by atoms with Gasteiger partial charge in [0, 0.05) is 35.8 Å². The van der Waals surface area contributed by atoms with E-state index in [1.165, 1.54) is 0 Å². The van der Waals surface area contributed by atoms with Crippen molar-refractivity contribution in [2.24, 2.45) is 0 Å². The molecule has 2 heterocycles. The van der Waals surface area contributed by atoms with Gasteiger partial charge in [-0.05, 0) is 18.2 Å². The Labute approximate surface area is 121 Å². The number of carbonyl (C=O) groups is 2. The Morgan fingerprint density at radius 2 is 2.24 bits per heavy atom. The van der Waals surface area contributed by atoms with Crippen LogP contribution in [0, 0.1) is 0 Å². The van der Waals surface area contributed by atoms with Crippen molar-refractivity contribution in [3.8, 4) is 0 Å². The molecule has 6 nitrogen and oxygen atoms in total. The van der Waals surface area contributed by atoms with Crippen LogP contribution in [0.25, 0.3) is 10.9 Å². The van der Waals surface area contributed by atoms with E-state index < -0.39 is 12.1 Å². The minimum atomic E-state index is -0.915. The number of benzene rings is 1. The highest BCUT2D eigenvalue weighted by atomic mass is 16.5. The lowest BCUT2D eigenvalue weighted by Crippen LogP contribution is -2.46. The minimum absolute atomic E-state index is 0.0844. The fourth-order valence-electron chi connectivity index (χ4n) is 2.66. The van der Waals surface area contributed by atoms with Crippen LogP contribution in [-0.2, 0) is 9.53 Å². The quantitative estimate of drug-likeness (QED) is 0.896. The molecule has 0 radical (unpaired) electrons. The molecule has 1 aliphatic rings. The van der Waals surface area contributed by atoms with Crippen LogP contribution in [0.3, 0.4) is 0 Å². The number of aromatic nitrogens is 1. The van der Waals surface area contributed by atoms with Gasteiger partial charge in [0.25, 0.3) is 5.91 Å². The maximum absolute atomic E-state index is 12.7. The van der Waals surface area contributed by atoms with Gasteiger partial charge in [-0.3, -0.25) is 9.59 Å². The van der Waals surface area contributed by atoms with E-state index in [0.29, 0.717) is 25.3 Å². The second-order valence-corrected chi connectivity index (χ2v) is 5.09. The number of amides is 1. The lowest BCUT2D eigenvalue weighted by Gasteiger charge is -2.32. The fraction of sp³-hybridized carbons (Fsp3) is 0.333. The zero-order valence-corrected chi connectivity index (χ0v) is 11.4. The third-order valence-corrected chi connectivity index (χ3v) is 3.65. The molecule has 0 saturated carbocycles. The number of rotatable bonds is 3. The van der Waals surface area contributed by atoms with Crippen LogP contribution >= 0.6 is 0 Å². The maximum Gasteiger partial charge on any atom is 0.306 e. The van der Waals surface area contributed by atoms with Gasteiger partial charge in [-0.25, -0.2) is 0 Å². The number of nitrogens with zero attached hydrogens (tertiary/aromatic N) is 1. The number of carboxylic acids is 1. The minimum Gasteiger partial charge on any atom is -0.481 e. The van der Waals surface area contributed by atoms with Gasteiger partial charge in [0.2, 0.25) is 0 Å². The summed E-state index contributed by atoms with van der Waals surface area (Å²) in [5.74, 6) is -0.999. The smallest absolute Gasteiger partial charge is 0.306 e. The Morgan fingerprint density at radius 3 is 3.05 bits per heavy atom. The number of aliphatic carboxylic acids is 1. The Bertz CT molecular complexity index is 679. The molecular formula is C15H16N2O4. The van der Waals surface area contributed by atoms with Crippen molar-refractivity contribution >= 4 is 22.8 Å². The van der Waals surface area contributed by atoms with Gasteiger partial charge < -0.3 is 19.7 Å². The standard InChI is InChI=1S/C15H16N2O4/c18-14(19)8-10-9-17(6-7-21-10)15(20)12-2-1-3-13-11(12)4-5-16-13/h1-5,10,16H,6-9H2,(H,18,19)/t10-/m1/s1. The highest BCUT2D eigenvalue weighted by Crippen LogP contribution is 2.20. The molecule has 0 bridgehead atoms. The van der Waals surface area contributed by atoms with Crippen LogP contribution in [0.5, 0.6) is 0 Å². The van der Waals surface area contributed by atoms with Crippen molar-refractivity contribution in [2.45, 2.75) is 12.5 Å². The van der Waals surface area contributed by atoms with Gasteiger partial charge in [-0.1, -0.05) is 6.07 Å². The molecule has 1 atom stereocenters. The number of carbonyl (C=O) groups excluding carboxylic acids is 1. The molecule has 21 heavy (non-hydrogen) atoms. The number of fused-ring (bicyclic) bond motifs is 1. The molecule has 3 rings (SSSR count). The summed E-state index contributed by atoms with van der Waals surface area (Å²) in [6.07, 6.45) is 1.28. The second kappa shape index (κ2) is 5.57. The lowest BCUT2D eigenvalue weighted by molar-refractivity contribution is -0.141. The number of hydrogen-bond donors (Lipinski definition) is 2. The van der Waals surface area contributed by atoms with E-state index in [4.69, 9.17) is 9.84 Å². The molecule has 2 aromatic rings. The number of hydrogen-bond acceptors (Lipinski definition) is 3. The Morgan fingerprint density at radius 1 is 1.38 bits per heavy atom. The van der Waals surface area contributed by atoms with Crippen LogP contribution in [0.15, 0.2) is 30.5 Å². The first kappa shape index (κ1) is 13.6. The van der Waals surface area contributed by atoms with E-state index in [9.17, 15) is 9.59 Å². The molecule has 1 saturated heterocycles. The Hall–Kier alpha value is -2.34. The van der Waals surface area contributed by atoms with Crippen molar-refractivity contribution in [2.75, 3.05) is 19.7 Å². The van der Waals surface area contributed by atoms with E-state index in [1.54, 1.807) is 17.2 Å². The predicted octanol–water partition coefficient (Wildman–Crippen LogP) is 1.48. The molecule has 0 spiro atoms. The van der Waals surface area contributed by atoms with E-state index in [0.717, 1.165) is 10.9 Å². The van der Waals surface area contributed by atoms with Crippen LogP contribution < -0.4 is 0 Å². The normalized spacial score (nSPS) is 18.9. The van der Waals surface area contributed by atoms with E-state index >= 15 is 0 Å². The van der Waals surface area contributed by atoms with Crippen LogP contribution in [0.2, 0.25) is 0 Å². The number of aromatic amines is 1. The molecule has 0 aliphatic carbocycles. The molecule has 110 valence electrons. The third kappa shape index (κ3) is 2.75. The highest BCUT2D eigenvalue weighted by molar-refractivity contribution is 6.06. The molecule has 1 aromatic carbocycles. The number of H-pyrrole nitrogens is 1. The summed E-state index contributed by atoms with van der Waals surface area (Å²) in [6, 6.07) is 7.41. The van der Waals surface area contributed by atoms with E-state index in [-0.39, 0.29) is 12.3 Å². The van der Waals surface area contributed by atoms with Crippen molar-refractivity contribution in [3.63, 3.8) is 0 Å². The number of morpholine rings is 1. The first-order valence-corrected chi connectivity index (χ1v) is 6.84. The summed E-state index contributed by atoms with van der Waals surface area (Å²) in [7, 11) is 0. The molecule has 6 heteroatoms. The number of nitrogens with one attached hydrogen (secondary N) is 1. The SMILES string of the molecule is O=C(O)C[C@@H]1CN(C(=O)c2cccc3[nH]ccc23)CCO1. The largest absolute Gasteiger partial charge is 0.481 e. The first-order chi connectivity index (χ1) is 10.1. The summed E-state index contributed by atoms with van der Waals surface area (Å²) in [4.78, 5) is 28.2. The number of ether oxygens (including phenoxy) is 1. The molecule has 0 unspecified atom stereocenters. The monoisotopic (exact) mass is 288 g/mol. The molecule has 1 aliphatic heterocycles. The fourth-order valence-corrected chi connectivity index (χ4v) is 2.66. The Balaban J connectivity index is 1.81. The average molecular weight is 288 g/mol. The van der Waals surface area contributed by atoms with Crippen LogP contribution in [0.1, 0.15) is 16.8 Å². The summed E-state index contributed by atoms with van der Waals surface area (Å²) in [5, 5.41) is 9.71. The summed E-state index contributed by atoms with van der Waals surface area (Å²) in [6.45, 7) is 1.16. The van der Waals surface area contributed by atoms with E-state index in [1.807, 2.05) is 18.2 Å². The first-order valence-electron chi connectivity index (χ1n) is 6.84. The molecule has 2 N–H and O–H groups in total. The highest BCUT2D eigenvalue weighted by Gasteiger charge is 2.27. The molecular weight excluding hydrogens is 272 g/mol. The summed E-state index contributed by atoms with van der Waals surface area (Å²) >= 11 is 0. The maximum atomic E-state index is 12.7. The van der Waals surface area contributed by atoms with Crippen LogP contribution in [-0.4, -0.2) is 52.7 Å². The molecule has 1 amide bonds. The second-order valence-electron chi connectivity index (χ2n) is 5.09. The van der Waals surface area contributed by atoms with Crippen LogP contribution in [0.4, 0.5) is 0 Å². The zero-order valence-electron chi connectivity index (χ0n) is 11.4. The van der Waals surface area contributed by atoms with Crippen molar-refractivity contribution in [1.82, 2.24) is 9.88 Å². The number of carboxylic acid groups (broad SMARTS) is 1. The predicted molar refractivity (Wildman–Crippen MR) is 76.2 cm³/mol. The summed E-state index contributed by atoms with van der Waals surface area (Å²) < 4.78 is 5.40. The Kier molecular flexibility index (Phi) is 3.62. The topological polar surface area (TPSA) is 82.6 Å². The summed E-state index contributed by atoms with van der Waals surface area (Å²) in [5.41, 5.74) is 1.54. The zero-order chi connectivity index (χ0) is 14.8. The van der Waals surface area contributed by atoms with Gasteiger partial charge in [0.05, 0.1) is 19.1 Å². The van der Waals surface area contributed by atoms with Crippen molar-refractivity contribution in [1.29, 1.82) is 0 Å².